The van der Waals surface area contributed by atoms with Gasteiger partial charge in [-0.05, 0) is 55.2 Å². The first kappa shape index (κ1) is 10.9. The second kappa shape index (κ2) is 4.27. The highest BCUT2D eigenvalue weighted by Crippen LogP contribution is 2.47. The fourth-order valence-electron chi connectivity index (χ4n) is 3.36. The Kier molecular flexibility index (Phi) is 2.58. The average molecular weight is 243 g/mol. The number of rotatable bonds is 4. The molecule has 0 spiro atoms. The van der Waals surface area contributed by atoms with E-state index in [-0.39, 0.29) is 0 Å². The van der Waals surface area contributed by atoms with Crippen molar-refractivity contribution < 1.29 is 4.74 Å². The number of benzene rings is 1. The lowest BCUT2D eigenvalue weighted by atomic mass is 9.69. The summed E-state index contributed by atoms with van der Waals surface area (Å²) >= 11 is 0. The predicted molar refractivity (Wildman–Crippen MR) is 72.1 cm³/mol. The van der Waals surface area contributed by atoms with Gasteiger partial charge in [0.2, 0.25) is 0 Å². The van der Waals surface area contributed by atoms with Crippen LogP contribution in [0.4, 0.5) is 0 Å². The van der Waals surface area contributed by atoms with Crippen LogP contribution in [0.25, 0.3) is 0 Å². The molecule has 1 heterocycles. The Balaban J connectivity index is 1.50. The first-order chi connectivity index (χ1) is 8.92. The molecule has 0 radical (unpaired) electrons. The molecule has 2 atom stereocenters. The summed E-state index contributed by atoms with van der Waals surface area (Å²) in [6.45, 7) is 2.09. The van der Waals surface area contributed by atoms with Crippen LogP contribution in [0.5, 0.6) is 5.75 Å². The third-order valence-corrected chi connectivity index (χ3v) is 4.81. The van der Waals surface area contributed by atoms with E-state index >= 15 is 0 Å². The van der Waals surface area contributed by atoms with Gasteiger partial charge in [-0.1, -0.05) is 18.2 Å². The van der Waals surface area contributed by atoms with Crippen LogP contribution < -0.4 is 10.1 Å². The molecule has 0 amide bonds. The maximum absolute atomic E-state index is 5.85. The molecule has 18 heavy (non-hydrogen) atoms. The van der Waals surface area contributed by atoms with Gasteiger partial charge in [0, 0.05) is 12.5 Å². The average Bonchev–Trinajstić information content (AvgIpc) is 3.04. The Bertz CT molecular complexity index is 452. The monoisotopic (exact) mass is 243 g/mol. The molecule has 2 unspecified atom stereocenters. The van der Waals surface area contributed by atoms with Crippen LogP contribution in [0.15, 0.2) is 18.2 Å². The normalized spacial score (nSPS) is 29.6. The molecule has 0 saturated heterocycles. The van der Waals surface area contributed by atoms with Crippen molar-refractivity contribution in [3.63, 3.8) is 0 Å². The maximum Gasteiger partial charge on any atom is 0.126 e. The number of nitrogens with one attached hydrogen (secondary N) is 1. The van der Waals surface area contributed by atoms with Gasteiger partial charge in [-0.3, -0.25) is 0 Å². The minimum atomic E-state index is 0.740. The van der Waals surface area contributed by atoms with Crippen molar-refractivity contribution in [1.82, 2.24) is 5.32 Å². The molecule has 96 valence electrons. The van der Waals surface area contributed by atoms with Gasteiger partial charge in [-0.15, -0.1) is 0 Å². The highest BCUT2D eigenvalue weighted by Gasteiger charge is 2.36. The zero-order chi connectivity index (χ0) is 11.9. The Labute approximate surface area is 109 Å². The van der Waals surface area contributed by atoms with E-state index in [2.05, 4.69) is 23.5 Å². The first-order valence-corrected chi connectivity index (χ1v) is 7.40. The first-order valence-electron chi connectivity index (χ1n) is 7.40. The van der Waals surface area contributed by atoms with E-state index in [1.165, 1.54) is 49.1 Å². The molecule has 2 heteroatoms. The van der Waals surface area contributed by atoms with Crippen LogP contribution in [-0.4, -0.2) is 19.2 Å². The molecule has 3 aliphatic rings. The zero-order valence-electron chi connectivity index (χ0n) is 10.8. The summed E-state index contributed by atoms with van der Waals surface area (Å²) < 4.78 is 5.85. The second-order valence-corrected chi connectivity index (χ2v) is 6.06. The van der Waals surface area contributed by atoms with Crippen LogP contribution >= 0.6 is 0 Å². The van der Waals surface area contributed by atoms with Gasteiger partial charge in [-0.2, -0.15) is 0 Å². The van der Waals surface area contributed by atoms with Crippen LogP contribution in [-0.2, 0) is 6.42 Å². The van der Waals surface area contributed by atoms with Crippen molar-refractivity contribution in [1.29, 1.82) is 0 Å². The van der Waals surface area contributed by atoms with Crippen LogP contribution in [0, 0.1) is 5.92 Å². The fourth-order valence-corrected chi connectivity index (χ4v) is 3.36. The summed E-state index contributed by atoms with van der Waals surface area (Å²) in [6, 6.07) is 7.57. The lowest BCUT2D eigenvalue weighted by Gasteiger charge is -2.38. The molecule has 2 saturated carbocycles. The van der Waals surface area contributed by atoms with Crippen molar-refractivity contribution in [2.75, 3.05) is 13.2 Å². The maximum atomic E-state index is 5.85. The van der Waals surface area contributed by atoms with Gasteiger partial charge in [0.25, 0.3) is 0 Å². The largest absolute Gasteiger partial charge is 0.493 e. The van der Waals surface area contributed by atoms with E-state index in [9.17, 15) is 0 Å². The lowest BCUT2D eigenvalue weighted by molar-refractivity contribution is 0.238. The predicted octanol–water partition coefficient (Wildman–Crippen LogP) is 2.87. The number of para-hydroxylation sites is 1. The fraction of sp³-hybridized carbons (Fsp3) is 0.625. The molecular formula is C16H21NO. The number of hydrogen-bond donors (Lipinski definition) is 1. The molecule has 0 bridgehead atoms. The molecular weight excluding hydrogens is 222 g/mol. The third kappa shape index (κ3) is 1.83. The van der Waals surface area contributed by atoms with Crippen molar-refractivity contribution in [3.05, 3.63) is 29.3 Å². The summed E-state index contributed by atoms with van der Waals surface area (Å²) in [6.07, 6.45) is 6.61. The highest BCUT2D eigenvalue weighted by molar-refractivity contribution is 5.46. The quantitative estimate of drug-likeness (QED) is 0.878. The van der Waals surface area contributed by atoms with Gasteiger partial charge in [-0.25, -0.2) is 0 Å². The molecule has 1 N–H and O–H groups in total. The molecule has 4 rings (SSSR count). The Morgan fingerprint density at radius 1 is 1.17 bits per heavy atom. The van der Waals surface area contributed by atoms with Gasteiger partial charge in [0.1, 0.15) is 5.75 Å². The smallest absolute Gasteiger partial charge is 0.126 e. The third-order valence-electron chi connectivity index (χ3n) is 4.81. The lowest BCUT2D eigenvalue weighted by Crippen LogP contribution is -2.34. The van der Waals surface area contributed by atoms with Crippen molar-refractivity contribution in [2.45, 2.75) is 44.1 Å². The molecule has 2 fully saturated rings. The molecule has 1 aliphatic heterocycles. The van der Waals surface area contributed by atoms with Crippen molar-refractivity contribution in [2.24, 2.45) is 5.92 Å². The summed E-state index contributed by atoms with van der Waals surface area (Å²) in [5, 5.41) is 3.69. The van der Waals surface area contributed by atoms with Crippen LogP contribution in [0.3, 0.4) is 0 Å². The topological polar surface area (TPSA) is 21.3 Å². The number of hydrogen-bond acceptors (Lipinski definition) is 2. The van der Waals surface area contributed by atoms with E-state index in [1.807, 2.05) is 0 Å². The van der Waals surface area contributed by atoms with E-state index in [1.54, 1.807) is 0 Å². The summed E-state index contributed by atoms with van der Waals surface area (Å²) in [5.41, 5.74) is 2.91. The number of ether oxygens (including phenoxy) is 1. The zero-order valence-corrected chi connectivity index (χ0v) is 10.8. The van der Waals surface area contributed by atoms with E-state index in [0.717, 1.165) is 30.9 Å². The minimum absolute atomic E-state index is 0.740. The van der Waals surface area contributed by atoms with Gasteiger partial charge in [0.05, 0.1) is 6.61 Å². The number of fused-ring (bicyclic) bond motifs is 1. The van der Waals surface area contributed by atoms with E-state index in [0.29, 0.717) is 0 Å². The summed E-state index contributed by atoms with van der Waals surface area (Å²) in [4.78, 5) is 0. The standard InChI is InChI=1S/C16H21NO/c1-2-11-8-9-18-16(11)15(3-1)14-7-4-12(14)10-17-13-5-6-13/h1-3,12-14,17H,4-10H2. The van der Waals surface area contributed by atoms with Gasteiger partial charge >= 0.3 is 0 Å². The van der Waals surface area contributed by atoms with Crippen LogP contribution in [0.1, 0.15) is 42.7 Å². The van der Waals surface area contributed by atoms with E-state index in [4.69, 9.17) is 4.74 Å². The molecule has 1 aromatic carbocycles. The van der Waals surface area contributed by atoms with Gasteiger partial charge in [0.15, 0.2) is 0 Å². The highest BCUT2D eigenvalue weighted by atomic mass is 16.5. The molecule has 0 aromatic heterocycles. The Morgan fingerprint density at radius 2 is 2.11 bits per heavy atom. The van der Waals surface area contributed by atoms with Crippen molar-refractivity contribution >= 4 is 0 Å². The van der Waals surface area contributed by atoms with E-state index < -0.39 is 0 Å². The SMILES string of the molecule is c1cc2c(c(C3CCC3CNC3CC3)c1)OCC2. The van der Waals surface area contributed by atoms with Crippen molar-refractivity contribution in [3.8, 4) is 5.75 Å². The Hall–Kier alpha value is -1.02. The summed E-state index contributed by atoms with van der Waals surface area (Å²) in [5.74, 6) is 2.80. The Morgan fingerprint density at radius 3 is 2.89 bits per heavy atom. The minimum Gasteiger partial charge on any atom is -0.493 e. The molecule has 1 aromatic rings. The molecule has 2 aliphatic carbocycles. The van der Waals surface area contributed by atoms with Crippen LogP contribution in [0.2, 0.25) is 0 Å². The summed E-state index contributed by atoms with van der Waals surface area (Å²) in [7, 11) is 0. The second-order valence-electron chi connectivity index (χ2n) is 6.06. The van der Waals surface area contributed by atoms with Gasteiger partial charge < -0.3 is 10.1 Å². The molecule has 2 nitrogen and oxygen atoms in total.